The smallest absolute Gasteiger partial charge is 0.195 e. The molecule has 0 atom stereocenters. The van der Waals surface area contributed by atoms with Crippen LogP contribution in [0.2, 0.25) is 0 Å². The molecular formula is C24H32FN. The summed E-state index contributed by atoms with van der Waals surface area (Å²) in [6.07, 6.45) is 13.8. The molecule has 2 saturated carbocycles. The molecule has 0 unspecified atom stereocenters. The predicted molar refractivity (Wildman–Crippen MR) is 105 cm³/mol. The topological polar surface area (TPSA) is 23.8 Å². The fraction of sp³-hybridized carbons (Fsp3) is 0.625. The van der Waals surface area contributed by atoms with E-state index in [4.69, 9.17) is 5.26 Å². The molecule has 2 fully saturated rings. The zero-order valence-electron chi connectivity index (χ0n) is 16.1. The van der Waals surface area contributed by atoms with Crippen LogP contribution in [-0.2, 0) is 6.42 Å². The van der Waals surface area contributed by atoms with Crippen LogP contribution in [0.4, 0.5) is 4.39 Å². The molecule has 140 valence electrons. The van der Waals surface area contributed by atoms with Gasteiger partial charge in [-0.3, -0.25) is 0 Å². The van der Waals surface area contributed by atoms with E-state index in [-0.39, 0.29) is 5.92 Å². The number of rotatable bonds is 5. The summed E-state index contributed by atoms with van der Waals surface area (Å²) >= 11 is 0. The minimum atomic E-state index is -0.598. The molecule has 2 heteroatoms. The average Bonchev–Trinajstić information content (AvgIpc) is 2.69. The summed E-state index contributed by atoms with van der Waals surface area (Å²) in [4.78, 5) is 0. The van der Waals surface area contributed by atoms with Crippen molar-refractivity contribution in [1.29, 1.82) is 5.26 Å². The Morgan fingerprint density at radius 1 is 1.00 bits per heavy atom. The van der Waals surface area contributed by atoms with Gasteiger partial charge in [0.25, 0.3) is 0 Å². The summed E-state index contributed by atoms with van der Waals surface area (Å²) in [5.41, 5.74) is 2.99. The van der Waals surface area contributed by atoms with Crippen LogP contribution in [0.3, 0.4) is 0 Å². The van der Waals surface area contributed by atoms with Crippen molar-refractivity contribution in [3.8, 4) is 6.07 Å². The maximum atomic E-state index is 13.1. The number of aryl methyl sites for hydroxylation is 1. The molecule has 0 saturated heterocycles. The Morgan fingerprint density at radius 2 is 1.58 bits per heavy atom. The van der Waals surface area contributed by atoms with E-state index in [1.54, 1.807) is 12.1 Å². The molecule has 1 nitrogen and oxygen atoms in total. The molecule has 0 heterocycles. The molecule has 2 aliphatic carbocycles. The SMILES string of the molecule is CCCc1ccc([C@H]2CC[C@H]([C@H]3CC[C@H](C=C(F)C#N)CC3)CC2)cc1. The van der Waals surface area contributed by atoms with E-state index in [0.717, 1.165) is 30.6 Å². The average molecular weight is 354 g/mol. The lowest BCUT2D eigenvalue weighted by Gasteiger charge is -2.37. The van der Waals surface area contributed by atoms with Gasteiger partial charge in [0.15, 0.2) is 5.83 Å². The number of nitriles is 1. The first-order valence-electron chi connectivity index (χ1n) is 10.6. The van der Waals surface area contributed by atoms with Crippen molar-refractivity contribution in [2.24, 2.45) is 17.8 Å². The first-order chi connectivity index (χ1) is 12.7. The van der Waals surface area contributed by atoms with Gasteiger partial charge < -0.3 is 0 Å². The lowest BCUT2D eigenvalue weighted by molar-refractivity contribution is 0.171. The first kappa shape index (κ1) is 19.2. The molecule has 0 aliphatic heterocycles. The van der Waals surface area contributed by atoms with E-state index < -0.39 is 5.83 Å². The molecule has 0 aromatic heterocycles. The molecule has 0 amide bonds. The van der Waals surface area contributed by atoms with Crippen molar-refractivity contribution >= 4 is 0 Å². The van der Waals surface area contributed by atoms with Gasteiger partial charge in [0.2, 0.25) is 0 Å². The minimum absolute atomic E-state index is 0.281. The Bertz CT molecular complexity index is 623. The van der Waals surface area contributed by atoms with Crippen LogP contribution in [0.5, 0.6) is 0 Å². The second-order valence-corrected chi connectivity index (χ2v) is 8.40. The number of hydrogen-bond donors (Lipinski definition) is 0. The number of allylic oxidation sites excluding steroid dienone is 2. The highest BCUT2D eigenvalue weighted by Gasteiger charge is 2.31. The van der Waals surface area contributed by atoms with Crippen molar-refractivity contribution in [2.75, 3.05) is 0 Å². The van der Waals surface area contributed by atoms with Crippen LogP contribution >= 0.6 is 0 Å². The molecule has 1 aromatic carbocycles. The molecule has 0 radical (unpaired) electrons. The van der Waals surface area contributed by atoms with Crippen LogP contribution in [0.15, 0.2) is 36.2 Å². The van der Waals surface area contributed by atoms with Crippen LogP contribution in [0.1, 0.15) is 81.8 Å². The highest BCUT2D eigenvalue weighted by molar-refractivity contribution is 5.26. The first-order valence-corrected chi connectivity index (χ1v) is 10.6. The summed E-state index contributed by atoms with van der Waals surface area (Å²) in [6, 6.07) is 11.0. The lowest BCUT2D eigenvalue weighted by atomic mass is 9.68. The molecule has 3 rings (SSSR count). The van der Waals surface area contributed by atoms with E-state index in [1.807, 2.05) is 0 Å². The molecule has 0 bridgehead atoms. The van der Waals surface area contributed by atoms with Crippen LogP contribution in [0.25, 0.3) is 0 Å². The van der Waals surface area contributed by atoms with E-state index in [1.165, 1.54) is 62.5 Å². The van der Waals surface area contributed by atoms with Gasteiger partial charge in [-0.2, -0.15) is 9.65 Å². The van der Waals surface area contributed by atoms with Crippen LogP contribution < -0.4 is 0 Å². The molecular weight excluding hydrogens is 321 g/mol. The van der Waals surface area contributed by atoms with Gasteiger partial charge in [-0.25, -0.2) is 0 Å². The Hall–Kier alpha value is -1.62. The summed E-state index contributed by atoms with van der Waals surface area (Å²) in [6.45, 7) is 2.24. The van der Waals surface area contributed by atoms with Gasteiger partial charge in [-0.1, -0.05) is 37.6 Å². The zero-order valence-corrected chi connectivity index (χ0v) is 16.1. The monoisotopic (exact) mass is 353 g/mol. The Labute approximate surface area is 158 Å². The fourth-order valence-electron chi connectivity index (χ4n) is 5.20. The third-order valence-electron chi connectivity index (χ3n) is 6.73. The Morgan fingerprint density at radius 3 is 2.12 bits per heavy atom. The van der Waals surface area contributed by atoms with Crippen LogP contribution in [0, 0.1) is 29.1 Å². The lowest BCUT2D eigenvalue weighted by Crippen LogP contribution is -2.25. The molecule has 0 N–H and O–H groups in total. The van der Waals surface area contributed by atoms with Gasteiger partial charge in [0, 0.05) is 0 Å². The quantitative estimate of drug-likeness (QED) is 0.518. The van der Waals surface area contributed by atoms with Crippen molar-refractivity contribution < 1.29 is 4.39 Å². The summed E-state index contributed by atoms with van der Waals surface area (Å²) in [7, 11) is 0. The normalized spacial score (nSPS) is 30.0. The highest BCUT2D eigenvalue weighted by Crippen LogP contribution is 2.44. The maximum absolute atomic E-state index is 13.1. The zero-order chi connectivity index (χ0) is 18.4. The van der Waals surface area contributed by atoms with E-state index in [2.05, 4.69) is 31.2 Å². The molecule has 0 spiro atoms. The minimum Gasteiger partial charge on any atom is -0.195 e. The molecule has 2 aliphatic rings. The van der Waals surface area contributed by atoms with Gasteiger partial charge in [-0.05, 0) is 98.7 Å². The number of nitrogens with zero attached hydrogens (tertiary/aromatic N) is 1. The predicted octanol–water partition coefficient (Wildman–Crippen LogP) is 7.10. The van der Waals surface area contributed by atoms with Crippen LogP contribution in [-0.4, -0.2) is 0 Å². The second kappa shape index (κ2) is 9.36. The Balaban J connectivity index is 1.46. The van der Waals surface area contributed by atoms with Gasteiger partial charge in [0.05, 0.1) is 0 Å². The molecule has 1 aromatic rings. The van der Waals surface area contributed by atoms with Crippen molar-refractivity contribution in [3.63, 3.8) is 0 Å². The maximum Gasteiger partial charge on any atom is 0.196 e. The third-order valence-corrected chi connectivity index (χ3v) is 6.73. The van der Waals surface area contributed by atoms with Gasteiger partial charge in [-0.15, -0.1) is 0 Å². The van der Waals surface area contributed by atoms with Gasteiger partial charge in [0.1, 0.15) is 6.07 Å². The summed E-state index contributed by atoms with van der Waals surface area (Å²) in [5.74, 6) is 2.10. The summed E-state index contributed by atoms with van der Waals surface area (Å²) in [5, 5.41) is 8.59. The standard InChI is InChI=1S/C24H32FN/c1-2-3-18-4-8-20(9-5-18)22-12-14-23(15-13-22)21-10-6-19(7-11-21)16-24(25)17-26/h4-5,8-9,16,19,21-23H,2-3,6-7,10-15H2,1H3/t19-,21-,22-,23-. The van der Waals surface area contributed by atoms with E-state index >= 15 is 0 Å². The second-order valence-electron chi connectivity index (χ2n) is 8.40. The Kier molecular flexibility index (Phi) is 6.89. The number of hydrogen-bond acceptors (Lipinski definition) is 1. The van der Waals surface area contributed by atoms with Crippen molar-refractivity contribution in [1.82, 2.24) is 0 Å². The van der Waals surface area contributed by atoms with Gasteiger partial charge >= 0.3 is 0 Å². The van der Waals surface area contributed by atoms with Crippen molar-refractivity contribution in [2.45, 2.75) is 77.0 Å². The fourth-order valence-corrected chi connectivity index (χ4v) is 5.20. The molecule has 26 heavy (non-hydrogen) atoms. The van der Waals surface area contributed by atoms with E-state index in [9.17, 15) is 4.39 Å². The largest absolute Gasteiger partial charge is 0.196 e. The summed E-state index contributed by atoms with van der Waals surface area (Å²) < 4.78 is 13.1. The highest BCUT2D eigenvalue weighted by atomic mass is 19.1. The van der Waals surface area contributed by atoms with Crippen molar-refractivity contribution in [3.05, 3.63) is 47.3 Å². The third kappa shape index (κ3) is 4.97. The number of benzene rings is 1. The van der Waals surface area contributed by atoms with E-state index in [0.29, 0.717) is 0 Å². The number of halogens is 1.